The highest BCUT2D eigenvalue weighted by molar-refractivity contribution is 5.77. The molecule has 1 unspecified atom stereocenters. The highest BCUT2D eigenvalue weighted by atomic mass is 19.4. The van der Waals surface area contributed by atoms with Gasteiger partial charge in [0.25, 0.3) is 0 Å². The summed E-state index contributed by atoms with van der Waals surface area (Å²) in [6.45, 7) is -0.617. The quantitative estimate of drug-likeness (QED) is 0.857. The number of alkyl halides is 3. The number of aliphatic carboxylic acids is 1. The van der Waals surface area contributed by atoms with Gasteiger partial charge in [0.05, 0.1) is 5.92 Å². The standard InChI is InChI=1S/C15H17F3N2O4/c16-15(17,18)9-24-12-3-1-10(2-4-12)7-19-14(23)20-6-5-11(8-20)13(21)22/h1-4,11H,5-9H2,(H,19,23)(H,21,22). The number of carbonyl (C=O) groups excluding carboxylic acids is 1. The predicted molar refractivity (Wildman–Crippen MR) is 77.5 cm³/mol. The summed E-state index contributed by atoms with van der Waals surface area (Å²) < 4.78 is 40.7. The fourth-order valence-electron chi connectivity index (χ4n) is 2.30. The Morgan fingerprint density at radius 1 is 1.29 bits per heavy atom. The molecule has 1 saturated heterocycles. The van der Waals surface area contributed by atoms with Crippen molar-refractivity contribution in [2.24, 2.45) is 5.92 Å². The van der Waals surface area contributed by atoms with Gasteiger partial charge in [0.1, 0.15) is 5.75 Å². The van der Waals surface area contributed by atoms with Gasteiger partial charge in [-0.05, 0) is 24.1 Å². The van der Waals surface area contributed by atoms with Crippen LogP contribution in [-0.4, -0.2) is 47.9 Å². The molecule has 0 radical (unpaired) electrons. The number of amides is 2. The topological polar surface area (TPSA) is 78.9 Å². The Morgan fingerprint density at radius 3 is 2.50 bits per heavy atom. The number of carboxylic acid groups (broad SMARTS) is 1. The molecular weight excluding hydrogens is 329 g/mol. The maximum atomic E-state index is 12.0. The van der Waals surface area contributed by atoms with E-state index in [1.807, 2.05) is 0 Å². The molecule has 0 saturated carbocycles. The lowest BCUT2D eigenvalue weighted by Crippen LogP contribution is -2.38. The van der Waals surface area contributed by atoms with E-state index in [1.54, 1.807) is 12.1 Å². The molecule has 9 heteroatoms. The van der Waals surface area contributed by atoms with E-state index in [-0.39, 0.29) is 24.9 Å². The molecule has 0 spiro atoms. The number of hydrogen-bond acceptors (Lipinski definition) is 3. The van der Waals surface area contributed by atoms with Crippen LogP contribution in [-0.2, 0) is 11.3 Å². The van der Waals surface area contributed by atoms with Crippen molar-refractivity contribution in [1.29, 1.82) is 0 Å². The summed E-state index contributed by atoms with van der Waals surface area (Å²) in [5, 5.41) is 11.5. The van der Waals surface area contributed by atoms with Crippen molar-refractivity contribution in [3.05, 3.63) is 29.8 Å². The summed E-state index contributed by atoms with van der Waals surface area (Å²) in [6, 6.07) is 5.52. The zero-order chi connectivity index (χ0) is 17.7. The lowest BCUT2D eigenvalue weighted by atomic mass is 10.1. The van der Waals surface area contributed by atoms with Crippen molar-refractivity contribution >= 4 is 12.0 Å². The number of halogens is 3. The summed E-state index contributed by atoms with van der Waals surface area (Å²) >= 11 is 0. The van der Waals surface area contributed by atoms with Gasteiger partial charge in [-0.15, -0.1) is 0 Å². The van der Waals surface area contributed by atoms with Gasteiger partial charge in [-0.2, -0.15) is 13.2 Å². The predicted octanol–water partition coefficient (Wildman–Crippen LogP) is 2.24. The Bertz CT molecular complexity index is 589. The Hall–Kier alpha value is -2.45. The number of nitrogens with one attached hydrogen (secondary N) is 1. The number of nitrogens with zero attached hydrogens (tertiary/aromatic N) is 1. The van der Waals surface area contributed by atoms with Crippen LogP contribution in [0.5, 0.6) is 5.75 Å². The SMILES string of the molecule is O=C(O)C1CCN(C(=O)NCc2ccc(OCC(F)(F)F)cc2)C1. The number of hydrogen-bond donors (Lipinski definition) is 2. The zero-order valence-corrected chi connectivity index (χ0v) is 12.7. The largest absolute Gasteiger partial charge is 0.484 e. The second-order valence-corrected chi connectivity index (χ2v) is 5.48. The molecule has 1 aliphatic heterocycles. The third-order valence-electron chi connectivity index (χ3n) is 3.59. The maximum absolute atomic E-state index is 12.0. The van der Waals surface area contributed by atoms with Crippen molar-refractivity contribution < 1.29 is 32.6 Å². The van der Waals surface area contributed by atoms with Gasteiger partial charge < -0.3 is 20.1 Å². The normalized spacial score (nSPS) is 17.6. The molecular formula is C15H17F3N2O4. The van der Waals surface area contributed by atoms with Crippen LogP contribution in [0.4, 0.5) is 18.0 Å². The van der Waals surface area contributed by atoms with Gasteiger partial charge in [0.2, 0.25) is 0 Å². The van der Waals surface area contributed by atoms with Crippen LogP contribution in [0.3, 0.4) is 0 Å². The van der Waals surface area contributed by atoms with E-state index in [1.165, 1.54) is 17.0 Å². The number of urea groups is 1. The van der Waals surface area contributed by atoms with Crippen LogP contribution >= 0.6 is 0 Å². The van der Waals surface area contributed by atoms with Crippen molar-refractivity contribution in [3.8, 4) is 5.75 Å². The lowest BCUT2D eigenvalue weighted by Gasteiger charge is -2.17. The molecule has 1 aliphatic rings. The molecule has 1 heterocycles. The monoisotopic (exact) mass is 346 g/mol. The smallest absolute Gasteiger partial charge is 0.422 e. The number of likely N-dealkylation sites (tertiary alicyclic amines) is 1. The Kier molecular flexibility index (Phi) is 5.53. The first-order valence-corrected chi connectivity index (χ1v) is 7.28. The molecule has 2 N–H and O–H groups in total. The third-order valence-corrected chi connectivity index (χ3v) is 3.59. The summed E-state index contributed by atoms with van der Waals surface area (Å²) in [7, 11) is 0. The van der Waals surface area contributed by atoms with Crippen molar-refractivity contribution in [3.63, 3.8) is 0 Å². The molecule has 24 heavy (non-hydrogen) atoms. The lowest BCUT2D eigenvalue weighted by molar-refractivity contribution is -0.153. The van der Waals surface area contributed by atoms with Crippen LogP contribution in [0.2, 0.25) is 0 Å². The van der Waals surface area contributed by atoms with E-state index < -0.39 is 24.7 Å². The molecule has 1 aromatic carbocycles. The van der Waals surface area contributed by atoms with E-state index in [9.17, 15) is 22.8 Å². The van der Waals surface area contributed by atoms with E-state index in [2.05, 4.69) is 10.1 Å². The Morgan fingerprint density at radius 2 is 1.96 bits per heavy atom. The minimum atomic E-state index is -4.39. The number of benzene rings is 1. The van der Waals surface area contributed by atoms with Crippen molar-refractivity contribution in [1.82, 2.24) is 10.2 Å². The van der Waals surface area contributed by atoms with E-state index in [4.69, 9.17) is 5.11 Å². The minimum absolute atomic E-state index is 0.0891. The molecule has 0 aromatic heterocycles. The van der Waals surface area contributed by atoms with Gasteiger partial charge in [-0.1, -0.05) is 12.1 Å². The summed E-state index contributed by atoms with van der Waals surface area (Å²) in [6.07, 6.45) is -3.97. The number of carbonyl (C=O) groups is 2. The number of rotatable bonds is 5. The van der Waals surface area contributed by atoms with Gasteiger partial charge in [0, 0.05) is 19.6 Å². The molecule has 1 atom stereocenters. The first kappa shape index (κ1) is 17.9. The first-order chi connectivity index (χ1) is 11.2. The van der Waals surface area contributed by atoms with Gasteiger partial charge >= 0.3 is 18.2 Å². The molecule has 2 rings (SSSR count). The maximum Gasteiger partial charge on any atom is 0.422 e. The zero-order valence-electron chi connectivity index (χ0n) is 12.7. The minimum Gasteiger partial charge on any atom is -0.484 e. The van der Waals surface area contributed by atoms with Crippen molar-refractivity contribution in [2.45, 2.75) is 19.1 Å². The molecule has 132 valence electrons. The Labute approximate surface area is 136 Å². The number of carboxylic acids is 1. The molecule has 1 fully saturated rings. The number of ether oxygens (including phenoxy) is 1. The van der Waals surface area contributed by atoms with Crippen LogP contribution < -0.4 is 10.1 Å². The van der Waals surface area contributed by atoms with Crippen LogP contribution in [0.1, 0.15) is 12.0 Å². The third kappa shape index (κ3) is 5.32. The molecule has 0 aliphatic carbocycles. The first-order valence-electron chi connectivity index (χ1n) is 7.28. The second-order valence-electron chi connectivity index (χ2n) is 5.48. The fourth-order valence-corrected chi connectivity index (χ4v) is 2.30. The van der Waals surface area contributed by atoms with Crippen molar-refractivity contribution in [2.75, 3.05) is 19.7 Å². The molecule has 2 amide bonds. The summed E-state index contributed by atoms with van der Waals surface area (Å²) in [5.41, 5.74) is 0.691. The highest BCUT2D eigenvalue weighted by Crippen LogP contribution is 2.19. The second kappa shape index (κ2) is 7.41. The average Bonchev–Trinajstić information content (AvgIpc) is 3.01. The highest BCUT2D eigenvalue weighted by Gasteiger charge is 2.30. The average molecular weight is 346 g/mol. The van der Waals surface area contributed by atoms with Gasteiger partial charge in [-0.25, -0.2) is 4.79 Å². The van der Waals surface area contributed by atoms with E-state index in [0.29, 0.717) is 18.5 Å². The van der Waals surface area contributed by atoms with Crippen LogP contribution in [0.15, 0.2) is 24.3 Å². The van der Waals surface area contributed by atoms with Gasteiger partial charge in [-0.3, -0.25) is 4.79 Å². The molecule has 1 aromatic rings. The van der Waals surface area contributed by atoms with Crippen LogP contribution in [0, 0.1) is 5.92 Å². The van der Waals surface area contributed by atoms with E-state index >= 15 is 0 Å². The molecule has 6 nitrogen and oxygen atoms in total. The summed E-state index contributed by atoms with van der Waals surface area (Å²) in [5.74, 6) is -1.37. The molecule has 0 bridgehead atoms. The summed E-state index contributed by atoms with van der Waals surface area (Å²) in [4.78, 5) is 24.2. The Balaban J connectivity index is 1.78. The van der Waals surface area contributed by atoms with Crippen LogP contribution in [0.25, 0.3) is 0 Å². The fraction of sp³-hybridized carbons (Fsp3) is 0.467. The van der Waals surface area contributed by atoms with E-state index in [0.717, 1.165) is 0 Å². The van der Waals surface area contributed by atoms with Gasteiger partial charge in [0.15, 0.2) is 6.61 Å².